The van der Waals surface area contributed by atoms with Gasteiger partial charge >= 0.3 is 0 Å². The maximum Gasteiger partial charge on any atom is 0.225 e. The van der Waals surface area contributed by atoms with Gasteiger partial charge in [-0.3, -0.25) is 9.59 Å². The maximum atomic E-state index is 13.1. The molecule has 1 heterocycles. The number of carbonyl (C=O) groups is 2. The molecule has 29 heavy (non-hydrogen) atoms. The van der Waals surface area contributed by atoms with Gasteiger partial charge < -0.3 is 15.2 Å². The van der Waals surface area contributed by atoms with Crippen LogP contribution in [0.5, 0.6) is 11.5 Å². The van der Waals surface area contributed by atoms with Gasteiger partial charge in [0.05, 0.1) is 6.10 Å². The molecular weight excluding hydrogens is 366 g/mol. The minimum absolute atomic E-state index is 0.0354. The van der Waals surface area contributed by atoms with Gasteiger partial charge in [-0.1, -0.05) is 24.3 Å². The average molecular weight is 391 g/mol. The number of carbonyl (C=O) groups excluding carboxylic acids is 2. The predicted molar refractivity (Wildman–Crippen MR) is 110 cm³/mol. The van der Waals surface area contributed by atoms with E-state index in [-0.39, 0.29) is 41.8 Å². The van der Waals surface area contributed by atoms with E-state index in [4.69, 9.17) is 4.74 Å². The molecule has 0 radical (unpaired) electrons. The highest BCUT2D eigenvalue weighted by atomic mass is 16.5. The number of aromatic hydroxyl groups is 1. The van der Waals surface area contributed by atoms with Crippen LogP contribution in [0.1, 0.15) is 56.1 Å². The minimum atomic E-state index is -0.255. The Morgan fingerprint density at radius 1 is 0.931 bits per heavy atom. The molecule has 0 spiro atoms. The first-order valence-corrected chi connectivity index (χ1v) is 10.0. The molecule has 2 N–H and O–H groups in total. The van der Waals surface area contributed by atoms with Crippen LogP contribution in [0, 0.1) is 0 Å². The molecule has 0 saturated heterocycles. The van der Waals surface area contributed by atoms with Crippen molar-refractivity contribution in [3.05, 3.63) is 70.9 Å². The van der Waals surface area contributed by atoms with Crippen molar-refractivity contribution >= 4 is 11.7 Å². The van der Waals surface area contributed by atoms with Crippen molar-refractivity contribution in [2.75, 3.05) is 0 Å². The van der Waals surface area contributed by atoms with Crippen LogP contribution in [-0.2, 0) is 9.59 Å². The summed E-state index contributed by atoms with van der Waals surface area (Å²) < 4.78 is 5.70. The Hall–Kier alpha value is -3.08. The topological polar surface area (TPSA) is 75.6 Å². The van der Waals surface area contributed by atoms with E-state index in [0.29, 0.717) is 18.4 Å². The summed E-state index contributed by atoms with van der Waals surface area (Å²) in [7, 11) is 0. The molecule has 1 aliphatic heterocycles. The van der Waals surface area contributed by atoms with Gasteiger partial charge in [-0.2, -0.15) is 0 Å². The predicted octanol–water partition coefficient (Wildman–Crippen LogP) is 4.18. The van der Waals surface area contributed by atoms with Crippen molar-refractivity contribution in [1.29, 1.82) is 0 Å². The third-order valence-electron chi connectivity index (χ3n) is 5.55. The number of allylic oxidation sites excluding steroid dienone is 2. The van der Waals surface area contributed by atoms with Gasteiger partial charge in [-0.05, 0) is 61.6 Å². The fourth-order valence-electron chi connectivity index (χ4n) is 4.28. The number of rotatable bonds is 4. The Morgan fingerprint density at radius 2 is 1.59 bits per heavy atom. The van der Waals surface area contributed by atoms with Crippen molar-refractivity contribution in [1.82, 2.24) is 5.32 Å². The summed E-state index contributed by atoms with van der Waals surface area (Å²) in [6, 6.07) is 14.6. The number of phenols is 1. The lowest BCUT2D eigenvalue weighted by Crippen LogP contribution is -2.38. The second kappa shape index (κ2) is 7.74. The number of hydrogen-bond acceptors (Lipinski definition) is 4. The molecule has 2 aliphatic rings. The van der Waals surface area contributed by atoms with Crippen molar-refractivity contribution in [3.8, 4) is 11.5 Å². The van der Waals surface area contributed by atoms with Crippen molar-refractivity contribution in [3.63, 3.8) is 0 Å². The molecule has 0 saturated carbocycles. The number of benzene rings is 2. The SMILES string of the molecule is CC(C)Oc1ccc(C2CC(=O)C3=C(C2)NC(=O)CC3c2ccc(O)cc2)cc1. The summed E-state index contributed by atoms with van der Waals surface area (Å²) in [6.45, 7) is 3.97. The lowest BCUT2D eigenvalue weighted by Gasteiger charge is -2.34. The van der Waals surface area contributed by atoms with E-state index in [2.05, 4.69) is 5.32 Å². The Kier molecular flexibility index (Phi) is 5.14. The van der Waals surface area contributed by atoms with Gasteiger partial charge in [0.25, 0.3) is 0 Å². The Morgan fingerprint density at radius 3 is 2.24 bits per heavy atom. The van der Waals surface area contributed by atoms with Crippen LogP contribution in [0.25, 0.3) is 0 Å². The fraction of sp³-hybridized carbons (Fsp3) is 0.333. The lowest BCUT2D eigenvalue weighted by atomic mass is 9.73. The van der Waals surface area contributed by atoms with Gasteiger partial charge in [0.15, 0.2) is 5.78 Å². The van der Waals surface area contributed by atoms with Crippen LogP contribution in [0.4, 0.5) is 0 Å². The fourth-order valence-corrected chi connectivity index (χ4v) is 4.28. The highest BCUT2D eigenvalue weighted by molar-refractivity contribution is 6.02. The first-order valence-electron chi connectivity index (χ1n) is 10.0. The van der Waals surface area contributed by atoms with Gasteiger partial charge in [0.1, 0.15) is 11.5 Å². The van der Waals surface area contributed by atoms with Gasteiger partial charge in [-0.15, -0.1) is 0 Å². The Labute approximate surface area is 170 Å². The number of amides is 1. The minimum Gasteiger partial charge on any atom is -0.508 e. The molecule has 150 valence electrons. The summed E-state index contributed by atoms with van der Waals surface area (Å²) >= 11 is 0. The molecule has 2 aromatic carbocycles. The third kappa shape index (κ3) is 4.04. The van der Waals surface area contributed by atoms with E-state index in [1.165, 1.54) is 0 Å². The molecule has 5 heteroatoms. The molecule has 2 unspecified atom stereocenters. The van der Waals surface area contributed by atoms with E-state index in [1.807, 2.05) is 38.1 Å². The quantitative estimate of drug-likeness (QED) is 0.820. The van der Waals surface area contributed by atoms with Gasteiger partial charge in [0.2, 0.25) is 5.91 Å². The molecule has 0 aromatic heterocycles. The van der Waals surface area contributed by atoms with Crippen LogP contribution in [0.3, 0.4) is 0 Å². The monoisotopic (exact) mass is 391 g/mol. The molecule has 2 aromatic rings. The zero-order valence-electron chi connectivity index (χ0n) is 16.6. The van der Waals surface area contributed by atoms with E-state index >= 15 is 0 Å². The Balaban J connectivity index is 1.61. The number of ketones is 1. The average Bonchev–Trinajstić information content (AvgIpc) is 2.67. The van der Waals surface area contributed by atoms with Crippen LogP contribution >= 0.6 is 0 Å². The first kappa shape index (κ1) is 19.2. The lowest BCUT2D eigenvalue weighted by molar-refractivity contribution is -0.122. The van der Waals surface area contributed by atoms with E-state index in [0.717, 1.165) is 22.6 Å². The zero-order valence-corrected chi connectivity index (χ0v) is 16.6. The van der Waals surface area contributed by atoms with Crippen molar-refractivity contribution in [2.24, 2.45) is 0 Å². The summed E-state index contributed by atoms with van der Waals surface area (Å²) in [5, 5.41) is 12.5. The van der Waals surface area contributed by atoms with E-state index in [1.54, 1.807) is 24.3 Å². The van der Waals surface area contributed by atoms with Crippen LogP contribution < -0.4 is 10.1 Å². The zero-order chi connectivity index (χ0) is 20.5. The molecule has 0 fully saturated rings. The maximum absolute atomic E-state index is 13.1. The number of hydrogen-bond donors (Lipinski definition) is 2. The summed E-state index contributed by atoms with van der Waals surface area (Å²) in [6.07, 6.45) is 1.42. The van der Waals surface area contributed by atoms with E-state index < -0.39 is 0 Å². The second-order valence-electron chi connectivity index (χ2n) is 8.05. The smallest absolute Gasteiger partial charge is 0.225 e. The summed E-state index contributed by atoms with van der Waals surface area (Å²) in [5.74, 6) is 0.767. The van der Waals surface area contributed by atoms with Crippen molar-refractivity contribution < 1.29 is 19.4 Å². The summed E-state index contributed by atoms with van der Waals surface area (Å²) in [5.41, 5.74) is 3.41. The molecule has 5 nitrogen and oxygen atoms in total. The molecule has 2 atom stereocenters. The molecule has 0 bridgehead atoms. The van der Waals surface area contributed by atoms with Crippen LogP contribution in [0.15, 0.2) is 59.8 Å². The summed E-state index contributed by atoms with van der Waals surface area (Å²) in [4.78, 5) is 25.4. The van der Waals surface area contributed by atoms with E-state index in [9.17, 15) is 14.7 Å². The number of phenolic OH excluding ortho intramolecular Hbond substituents is 1. The largest absolute Gasteiger partial charge is 0.508 e. The van der Waals surface area contributed by atoms with Gasteiger partial charge in [-0.25, -0.2) is 0 Å². The van der Waals surface area contributed by atoms with Crippen LogP contribution in [0.2, 0.25) is 0 Å². The second-order valence-corrected chi connectivity index (χ2v) is 8.05. The first-order chi connectivity index (χ1) is 13.9. The highest BCUT2D eigenvalue weighted by Gasteiger charge is 2.38. The molecule has 1 aliphatic carbocycles. The number of ether oxygens (including phenoxy) is 1. The van der Waals surface area contributed by atoms with Crippen LogP contribution in [-0.4, -0.2) is 22.9 Å². The standard InChI is InChI=1S/C24H25NO4/c1-14(2)29-19-9-5-15(6-10-19)17-11-21-24(22(27)12-17)20(13-23(28)25-21)16-3-7-18(26)8-4-16/h3-10,14,17,20,26H,11-13H2,1-2H3,(H,25,28). The highest BCUT2D eigenvalue weighted by Crippen LogP contribution is 2.42. The van der Waals surface area contributed by atoms with Crippen molar-refractivity contribution in [2.45, 2.75) is 51.0 Å². The van der Waals surface area contributed by atoms with Gasteiger partial charge in [0, 0.05) is 30.0 Å². The Bertz CT molecular complexity index is 957. The normalized spacial score (nSPS) is 21.8. The molecule has 1 amide bonds. The number of nitrogens with one attached hydrogen (secondary N) is 1. The third-order valence-corrected chi connectivity index (χ3v) is 5.55. The molecular formula is C24H25NO4. The molecule has 4 rings (SSSR count). The number of Topliss-reactive ketones (excluding diaryl/α,β-unsaturated/α-hetero) is 1.